The van der Waals surface area contributed by atoms with E-state index in [1.807, 2.05) is 0 Å². The molecule has 0 rings (SSSR count). The van der Waals surface area contributed by atoms with Crippen LogP contribution >= 0.6 is 0 Å². The zero-order valence-corrected chi connectivity index (χ0v) is 15.4. The summed E-state index contributed by atoms with van der Waals surface area (Å²) < 4.78 is 8.81. The summed E-state index contributed by atoms with van der Waals surface area (Å²) in [6.07, 6.45) is -1.99. The number of nitrogens with two attached hydrogens (primary N) is 3. The number of rotatable bonds is 12. The molecule has 0 unspecified atom stereocenters. The fraction of sp³-hybridized carbons (Fsp3) is 0.600. The summed E-state index contributed by atoms with van der Waals surface area (Å²) in [5.41, 5.74) is 15.9. The Morgan fingerprint density at radius 2 is 0.903 bits per heavy atom. The fourth-order valence-electron chi connectivity index (χ4n) is 1.65. The van der Waals surface area contributed by atoms with E-state index >= 15 is 0 Å². The second kappa shape index (κ2) is 19.7. The van der Waals surface area contributed by atoms with Gasteiger partial charge >= 0.3 is 94.9 Å². The molecular formula is C15H27N3Na2O11. The van der Waals surface area contributed by atoms with Crippen molar-refractivity contribution in [2.24, 2.45) is 17.2 Å². The standard InChI is InChI=1S/C15H23N3O10.2Na.H2O.2H/c16-7(13(22)23)1-4-10(19)27-11(20)6-3-9(18)15(26)28-12(21)5-2-8(17)14(24)25;;;;;/h7-9H,1-6,16-18H2,(H,22,23)(H,24,25);;;1H2;;/t7-,8-,9-;;;;;/m0...../s1. The summed E-state index contributed by atoms with van der Waals surface area (Å²) in [5, 5.41) is 17.1. The van der Waals surface area contributed by atoms with Crippen molar-refractivity contribution in [2.75, 3.05) is 0 Å². The van der Waals surface area contributed by atoms with E-state index in [9.17, 15) is 28.8 Å². The maximum absolute atomic E-state index is 11.6. The van der Waals surface area contributed by atoms with Crippen LogP contribution in [0.1, 0.15) is 38.5 Å². The second-order valence-corrected chi connectivity index (χ2v) is 5.75. The van der Waals surface area contributed by atoms with Gasteiger partial charge in [0.2, 0.25) is 0 Å². The van der Waals surface area contributed by atoms with E-state index in [0.717, 1.165) is 0 Å². The summed E-state index contributed by atoms with van der Waals surface area (Å²) in [6.45, 7) is 0. The van der Waals surface area contributed by atoms with Crippen molar-refractivity contribution >= 4 is 94.9 Å². The number of carbonyl (C=O) groups is 6. The van der Waals surface area contributed by atoms with E-state index in [1.54, 1.807) is 0 Å². The number of carboxylic acid groups (broad SMARTS) is 2. The third-order valence-electron chi connectivity index (χ3n) is 3.36. The quantitative estimate of drug-likeness (QED) is 0.102. The first kappa shape index (κ1) is 37.4. The van der Waals surface area contributed by atoms with Crippen LogP contribution in [0.3, 0.4) is 0 Å². The Morgan fingerprint density at radius 1 is 0.613 bits per heavy atom. The van der Waals surface area contributed by atoms with Gasteiger partial charge in [-0.15, -0.1) is 0 Å². The molecule has 14 nitrogen and oxygen atoms in total. The van der Waals surface area contributed by atoms with Crippen LogP contribution < -0.4 is 17.2 Å². The van der Waals surface area contributed by atoms with Crippen molar-refractivity contribution in [2.45, 2.75) is 56.7 Å². The Morgan fingerprint density at radius 3 is 1.23 bits per heavy atom. The monoisotopic (exact) mass is 471 g/mol. The molecule has 0 heterocycles. The summed E-state index contributed by atoms with van der Waals surface area (Å²) >= 11 is 0. The normalized spacial score (nSPS) is 12.4. The van der Waals surface area contributed by atoms with Crippen LogP contribution in [0.25, 0.3) is 0 Å². The number of hydrogen-bond donors (Lipinski definition) is 5. The Balaban J connectivity index is -0.00000121. The molecule has 0 aromatic rings. The van der Waals surface area contributed by atoms with Crippen LogP contribution in [-0.4, -0.2) is 129 Å². The van der Waals surface area contributed by atoms with Crippen LogP contribution in [0.4, 0.5) is 0 Å². The molecule has 0 radical (unpaired) electrons. The molecule has 0 aliphatic carbocycles. The minimum atomic E-state index is -1.36. The van der Waals surface area contributed by atoms with Gasteiger partial charge in [0.15, 0.2) is 0 Å². The molecule has 170 valence electrons. The third kappa shape index (κ3) is 18.3. The average Bonchev–Trinajstić information content (AvgIpc) is 2.61. The van der Waals surface area contributed by atoms with Gasteiger partial charge in [0.25, 0.3) is 0 Å². The summed E-state index contributed by atoms with van der Waals surface area (Å²) in [4.78, 5) is 66.9. The van der Waals surface area contributed by atoms with Gasteiger partial charge in [-0.25, -0.2) is 4.79 Å². The van der Waals surface area contributed by atoms with Gasteiger partial charge in [-0.3, -0.25) is 24.0 Å². The Bertz CT molecular complexity index is 633. The second-order valence-electron chi connectivity index (χ2n) is 5.75. The van der Waals surface area contributed by atoms with Gasteiger partial charge in [-0.2, -0.15) is 0 Å². The van der Waals surface area contributed by atoms with Gasteiger partial charge in [-0.1, -0.05) is 0 Å². The molecule has 3 atom stereocenters. The molecule has 0 saturated heterocycles. The summed E-state index contributed by atoms with van der Waals surface area (Å²) in [5.74, 6) is -6.76. The number of ether oxygens (including phenoxy) is 2. The molecule has 0 bridgehead atoms. The topological polar surface area (TPSA) is 271 Å². The van der Waals surface area contributed by atoms with Crippen LogP contribution in [-0.2, 0) is 38.2 Å². The molecule has 0 fully saturated rings. The molecule has 31 heavy (non-hydrogen) atoms. The van der Waals surface area contributed by atoms with E-state index in [-0.39, 0.29) is 90.3 Å². The zero-order valence-electron chi connectivity index (χ0n) is 15.4. The molecule has 0 spiro atoms. The summed E-state index contributed by atoms with van der Waals surface area (Å²) in [7, 11) is 0. The van der Waals surface area contributed by atoms with Gasteiger partial charge in [0.05, 0.1) is 0 Å². The van der Waals surface area contributed by atoms with Crippen LogP contribution in [0.5, 0.6) is 0 Å². The molecular weight excluding hydrogens is 444 g/mol. The molecule has 0 aromatic heterocycles. The van der Waals surface area contributed by atoms with E-state index in [1.165, 1.54) is 0 Å². The Kier molecular flexibility index (Phi) is 23.8. The molecule has 0 aliphatic heterocycles. The third-order valence-corrected chi connectivity index (χ3v) is 3.36. The van der Waals surface area contributed by atoms with Crippen molar-refractivity contribution in [3.8, 4) is 0 Å². The number of hydrogen-bond acceptors (Lipinski definition) is 11. The van der Waals surface area contributed by atoms with Crippen molar-refractivity contribution in [3.05, 3.63) is 0 Å². The Hall–Kier alpha value is -0.940. The Labute approximate surface area is 221 Å². The van der Waals surface area contributed by atoms with Gasteiger partial charge < -0.3 is 42.4 Å². The van der Waals surface area contributed by atoms with Crippen molar-refractivity contribution in [3.63, 3.8) is 0 Å². The first-order valence-corrected chi connectivity index (χ1v) is 8.14. The van der Waals surface area contributed by atoms with Gasteiger partial charge in [0.1, 0.15) is 18.1 Å². The molecule has 0 amide bonds. The van der Waals surface area contributed by atoms with Crippen molar-refractivity contribution in [1.82, 2.24) is 0 Å². The first-order chi connectivity index (χ1) is 12.9. The zero-order chi connectivity index (χ0) is 21.9. The average molecular weight is 471 g/mol. The molecule has 16 heteroatoms. The number of carboxylic acids is 2. The molecule has 10 N–H and O–H groups in total. The van der Waals surface area contributed by atoms with Crippen LogP contribution in [0.2, 0.25) is 0 Å². The first-order valence-electron chi connectivity index (χ1n) is 8.14. The van der Waals surface area contributed by atoms with E-state index < -0.39 is 66.8 Å². The van der Waals surface area contributed by atoms with Crippen LogP contribution in [0.15, 0.2) is 0 Å². The van der Waals surface area contributed by atoms with E-state index in [2.05, 4.69) is 9.47 Å². The molecule has 0 saturated carbocycles. The predicted molar refractivity (Wildman–Crippen MR) is 107 cm³/mol. The minimum absolute atomic E-state index is 0. The van der Waals surface area contributed by atoms with E-state index in [0.29, 0.717) is 0 Å². The predicted octanol–water partition coefficient (Wildman–Crippen LogP) is -4.50. The van der Waals surface area contributed by atoms with Gasteiger partial charge in [0, 0.05) is 19.3 Å². The molecule has 0 aliphatic rings. The van der Waals surface area contributed by atoms with Gasteiger partial charge in [-0.05, 0) is 19.3 Å². The van der Waals surface area contributed by atoms with Crippen molar-refractivity contribution < 1.29 is 53.9 Å². The van der Waals surface area contributed by atoms with Crippen molar-refractivity contribution in [1.29, 1.82) is 0 Å². The summed E-state index contributed by atoms with van der Waals surface area (Å²) in [6, 6.07) is -3.91. The number of carbonyl (C=O) groups excluding carboxylic acids is 4. The molecule has 0 aromatic carbocycles. The number of aliphatic carboxylic acids is 2. The van der Waals surface area contributed by atoms with E-state index in [4.69, 9.17) is 27.4 Å². The maximum atomic E-state index is 11.6. The van der Waals surface area contributed by atoms with Crippen LogP contribution in [0, 0.1) is 0 Å². The SMILES string of the molecule is N[C@@H](CCC(=O)OC(=O)CC[C@H](N)C(=O)OC(=O)CC[C@H](N)C(=O)O)C(=O)O.O.[NaH].[NaH]. The number of esters is 4. The fourth-order valence-corrected chi connectivity index (χ4v) is 1.65.